The smallest absolute Gasteiger partial charge is 0.190 e. The summed E-state index contributed by atoms with van der Waals surface area (Å²) in [6.45, 7) is 3.42. The van der Waals surface area contributed by atoms with Crippen molar-refractivity contribution in [2.45, 2.75) is 20.0 Å². The number of alkyl halides is 1. The van der Waals surface area contributed by atoms with Crippen LogP contribution >= 0.6 is 8.03 Å². The summed E-state index contributed by atoms with van der Waals surface area (Å²) < 4.78 is 26.0. The van der Waals surface area contributed by atoms with Gasteiger partial charge in [0.15, 0.2) is 0 Å². The Balaban J connectivity index is 3.25. The van der Waals surface area contributed by atoms with E-state index in [4.69, 9.17) is 0 Å². The van der Waals surface area contributed by atoms with Gasteiger partial charge < -0.3 is 0 Å². The van der Waals surface area contributed by atoms with Crippen LogP contribution in [0, 0.1) is 0 Å². The summed E-state index contributed by atoms with van der Waals surface area (Å²) in [7, 11) is -2.03. The predicted molar refractivity (Wildman–Crippen MR) is 29.8 cm³/mol. The van der Waals surface area contributed by atoms with E-state index in [1.165, 1.54) is 0 Å². The van der Waals surface area contributed by atoms with Crippen LogP contribution in [0.25, 0.3) is 0 Å². The highest BCUT2D eigenvalue weighted by atomic mass is 31.1. The van der Waals surface area contributed by atoms with E-state index in [0.29, 0.717) is 0 Å². The second-order valence-electron chi connectivity index (χ2n) is 1.61. The van der Waals surface area contributed by atoms with Gasteiger partial charge in [-0.15, -0.1) is 4.52 Å². The average Bonchev–Trinajstić information content (AvgIpc) is 1.65. The van der Waals surface area contributed by atoms with E-state index in [-0.39, 0.29) is 6.10 Å². The van der Waals surface area contributed by atoms with Crippen molar-refractivity contribution in [3.05, 3.63) is 0 Å². The zero-order valence-corrected chi connectivity index (χ0v) is 5.82. The van der Waals surface area contributed by atoms with Crippen LogP contribution in [-0.4, -0.2) is 12.5 Å². The van der Waals surface area contributed by atoms with Crippen LogP contribution in [0.2, 0.25) is 0 Å². The molecule has 0 aromatic heterocycles. The van der Waals surface area contributed by atoms with Crippen molar-refractivity contribution in [2.24, 2.45) is 0 Å². The topological polar surface area (TPSA) is 26.3 Å². The quantitative estimate of drug-likeness (QED) is 0.559. The molecular formula is C4H9FO2P+. The summed E-state index contributed by atoms with van der Waals surface area (Å²) in [6, 6.07) is 0. The molecule has 8 heavy (non-hydrogen) atoms. The van der Waals surface area contributed by atoms with Crippen molar-refractivity contribution in [2.75, 3.05) is 6.42 Å². The van der Waals surface area contributed by atoms with E-state index in [9.17, 15) is 8.96 Å². The first-order valence-electron chi connectivity index (χ1n) is 2.34. The van der Waals surface area contributed by atoms with Crippen LogP contribution in [0.1, 0.15) is 13.8 Å². The molecule has 1 atom stereocenters. The lowest BCUT2D eigenvalue weighted by Gasteiger charge is -1.88. The van der Waals surface area contributed by atoms with E-state index < -0.39 is 14.4 Å². The van der Waals surface area contributed by atoms with Crippen LogP contribution in [0.5, 0.6) is 0 Å². The molecule has 0 aliphatic heterocycles. The molecule has 0 spiro atoms. The van der Waals surface area contributed by atoms with Crippen LogP contribution in [0.15, 0.2) is 0 Å². The molecule has 0 aliphatic carbocycles. The molecule has 0 N–H and O–H groups in total. The molecule has 0 bridgehead atoms. The normalized spacial score (nSPS) is 12.2. The van der Waals surface area contributed by atoms with Crippen molar-refractivity contribution in [3.63, 3.8) is 0 Å². The van der Waals surface area contributed by atoms with E-state index in [1.807, 2.05) is 0 Å². The molecule has 0 saturated heterocycles. The molecular weight excluding hydrogens is 130 g/mol. The van der Waals surface area contributed by atoms with Crippen molar-refractivity contribution >= 4 is 8.03 Å². The largest absolute Gasteiger partial charge is 0.542 e. The van der Waals surface area contributed by atoms with Gasteiger partial charge in [-0.1, -0.05) is 0 Å². The summed E-state index contributed by atoms with van der Waals surface area (Å²) in [5.41, 5.74) is 0. The molecule has 1 unspecified atom stereocenters. The van der Waals surface area contributed by atoms with Crippen molar-refractivity contribution in [1.29, 1.82) is 0 Å². The first-order chi connectivity index (χ1) is 3.66. The van der Waals surface area contributed by atoms with Gasteiger partial charge in [0.25, 0.3) is 0 Å². The number of hydrogen-bond donors (Lipinski definition) is 0. The fourth-order valence-corrected chi connectivity index (χ4v) is 0.790. The highest BCUT2D eigenvalue weighted by molar-refractivity contribution is 7.38. The molecule has 0 rings (SSSR count). The Hall–Kier alpha value is -0.0100. The molecule has 0 aromatic carbocycles. The standard InChI is InChI=1S/C4H9FO2P/c1-4(2)7-8(6)3-5/h4H,3H2,1-2H3/q+1. The second kappa shape index (κ2) is 3.93. The Morgan fingerprint density at radius 3 is 2.38 bits per heavy atom. The van der Waals surface area contributed by atoms with Gasteiger partial charge in [0, 0.05) is 0 Å². The first kappa shape index (κ1) is 7.99. The average molecular weight is 139 g/mol. The summed E-state index contributed by atoms with van der Waals surface area (Å²) in [6.07, 6.45) is -1.03. The Bertz CT molecular complexity index is 84.1. The van der Waals surface area contributed by atoms with E-state index in [1.54, 1.807) is 13.8 Å². The molecule has 48 valence electrons. The van der Waals surface area contributed by atoms with Gasteiger partial charge in [0.2, 0.25) is 0 Å². The monoisotopic (exact) mass is 139 g/mol. The van der Waals surface area contributed by atoms with Crippen molar-refractivity contribution < 1.29 is 13.5 Å². The molecule has 4 heteroatoms. The zero-order chi connectivity index (χ0) is 6.57. The van der Waals surface area contributed by atoms with Gasteiger partial charge in [0.1, 0.15) is 6.10 Å². The fraction of sp³-hybridized carbons (Fsp3) is 1.00. The Labute approximate surface area is 48.9 Å². The van der Waals surface area contributed by atoms with E-state index >= 15 is 0 Å². The second-order valence-corrected chi connectivity index (χ2v) is 2.72. The molecule has 0 saturated carbocycles. The number of hydrogen-bond acceptors (Lipinski definition) is 2. The maximum Gasteiger partial charge on any atom is 0.542 e. The molecule has 0 radical (unpaired) electrons. The van der Waals surface area contributed by atoms with Gasteiger partial charge in [-0.25, -0.2) is 0 Å². The Morgan fingerprint density at radius 1 is 1.75 bits per heavy atom. The van der Waals surface area contributed by atoms with Gasteiger partial charge in [0.05, 0.1) is 0 Å². The highest BCUT2D eigenvalue weighted by Gasteiger charge is 2.17. The van der Waals surface area contributed by atoms with Crippen LogP contribution in [-0.2, 0) is 9.09 Å². The summed E-state index contributed by atoms with van der Waals surface area (Å²) in [5.74, 6) is 0. The van der Waals surface area contributed by atoms with Gasteiger partial charge in [-0.2, -0.15) is 4.39 Å². The minimum Gasteiger partial charge on any atom is -0.190 e. The lowest BCUT2D eigenvalue weighted by atomic mass is 10.5. The molecule has 0 aliphatic rings. The first-order valence-corrected chi connectivity index (χ1v) is 3.70. The van der Waals surface area contributed by atoms with Crippen LogP contribution < -0.4 is 0 Å². The fourth-order valence-electron chi connectivity index (χ4n) is 0.263. The summed E-state index contributed by atoms with van der Waals surface area (Å²) in [4.78, 5) is 0. The summed E-state index contributed by atoms with van der Waals surface area (Å²) >= 11 is 0. The maximum atomic E-state index is 11.3. The SMILES string of the molecule is CC(C)O[P+](=O)CF. The van der Waals surface area contributed by atoms with Gasteiger partial charge in [-0.3, -0.25) is 0 Å². The number of halogens is 1. The van der Waals surface area contributed by atoms with Crippen molar-refractivity contribution in [1.82, 2.24) is 0 Å². The third-order valence-corrected chi connectivity index (χ3v) is 1.28. The summed E-state index contributed by atoms with van der Waals surface area (Å²) in [5, 5.41) is 0. The minimum atomic E-state index is -2.03. The number of rotatable bonds is 3. The highest BCUT2D eigenvalue weighted by Crippen LogP contribution is 2.23. The van der Waals surface area contributed by atoms with Gasteiger partial charge in [-0.05, 0) is 18.4 Å². The predicted octanol–water partition coefficient (Wildman–Crippen LogP) is 2.08. The Kier molecular flexibility index (Phi) is 3.92. The van der Waals surface area contributed by atoms with Crippen LogP contribution in [0.3, 0.4) is 0 Å². The third-order valence-electron chi connectivity index (χ3n) is 0.426. The molecule has 0 aromatic rings. The maximum absolute atomic E-state index is 11.3. The van der Waals surface area contributed by atoms with E-state index in [0.717, 1.165) is 0 Å². The Morgan fingerprint density at radius 2 is 2.25 bits per heavy atom. The third kappa shape index (κ3) is 4.16. The lowest BCUT2D eigenvalue weighted by Crippen LogP contribution is -1.94. The molecule has 0 fully saturated rings. The van der Waals surface area contributed by atoms with E-state index in [2.05, 4.69) is 4.52 Å². The minimum absolute atomic E-state index is 0.144. The lowest BCUT2D eigenvalue weighted by molar-refractivity contribution is 0.250. The molecule has 0 amide bonds. The zero-order valence-electron chi connectivity index (χ0n) is 4.93. The van der Waals surface area contributed by atoms with Crippen molar-refractivity contribution in [3.8, 4) is 0 Å². The van der Waals surface area contributed by atoms with Crippen LogP contribution in [0.4, 0.5) is 4.39 Å². The molecule has 2 nitrogen and oxygen atoms in total. The molecule has 0 heterocycles. The van der Waals surface area contributed by atoms with Gasteiger partial charge >= 0.3 is 14.4 Å².